The fraction of sp³-hybridized carbons (Fsp3) is 0.0833. The number of carbonyl (C=O) groups excluding carboxylic acids is 2. The largest absolute Gasteiger partial charge is 0.507 e. The van der Waals surface area contributed by atoms with Crippen LogP contribution >= 0.6 is 11.6 Å². The Morgan fingerprint density at radius 3 is 2.47 bits per heavy atom. The van der Waals surface area contributed by atoms with Gasteiger partial charge in [-0.05, 0) is 42.5 Å². The molecule has 1 N–H and O–H groups in total. The second-order valence-electron chi connectivity index (χ2n) is 7.02. The Hall–Kier alpha value is -3.71. The van der Waals surface area contributed by atoms with Crippen LogP contribution in [0.1, 0.15) is 17.2 Å². The van der Waals surface area contributed by atoms with E-state index >= 15 is 0 Å². The van der Waals surface area contributed by atoms with Gasteiger partial charge in [-0.25, -0.2) is 8.78 Å². The fourth-order valence-corrected chi connectivity index (χ4v) is 3.88. The summed E-state index contributed by atoms with van der Waals surface area (Å²) in [5.74, 6) is -3.70. The number of anilines is 1. The van der Waals surface area contributed by atoms with Gasteiger partial charge < -0.3 is 9.84 Å². The lowest BCUT2D eigenvalue weighted by Gasteiger charge is -2.25. The van der Waals surface area contributed by atoms with Gasteiger partial charge in [-0.1, -0.05) is 35.9 Å². The second-order valence-corrected chi connectivity index (χ2v) is 7.42. The zero-order valence-electron chi connectivity index (χ0n) is 16.7. The number of hydrogen-bond donors (Lipinski definition) is 1. The highest BCUT2D eigenvalue weighted by molar-refractivity contribution is 6.52. The van der Waals surface area contributed by atoms with Crippen molar-refractivity contribution in [3.8, 4) is 5.75 Å². The molecule has 162 valence electrons. The van der Waals surface area contributed by atoms with Gasteiger partial charge in [0.1, 0.15) is 23.1 Å². The molecule has 1 fully saturated rings. The third kappa shape index (κ3) is 3.61. The van der Waals surface area contributed by atoms with Gasteiger partial charge in [0.15, 0.2) is 0 Å². The third-order valence-corrected chi connectivity index (χ3v) is 5.49. The minimum Gasteiger partial charge on any atom is -0.507 e. The van der Waals surface area contributed by atoms with Gasteiger partial charge >= 0.3 is 0 Å². The van der Waals surface area contributed by atoms with Gasteiger partial charge in [-0.2, -0.15) is 0 Å². The van der Waals surface area contributed by atoms with Crippen molar-refractivity contribution in [2.45, 2.75) is 6.04 Å². The molecule has 0 radical (unpaired) electrons. The zero-order chi connectivity index (χ0) is 23.0. The van der Waals surface area contributed by atoms with E-state index in [-0.39, 0.29) is 27.4 Å². The van der Waals surface area contributed by atoms with E-state index in [4.69, 9.17) is 16.3 Å². The van der Waals surface area contributed by atoms with Crippen LogP contribution in [0.4, 0.5) is 14.5 Å². The first-order chi connectivity index (χ1) is 15.3. The van der Waals surface area contributed by atoms with Crippen LogP contribution in [-0.4, -0.2) is 23.9 Å². The van der Waals surface area contributed by atoms with E-state index in [0.717, 1.165) is 11.0 Å². The molecule has 3 aromatic rings. The van der Waals surface area contributed by atoms with E-state index in [1.54, 1.807) is 6.07 Å². The van der Waals surface area contributed by atoms with Crippen LogP contribution in [0.25, 0.3) is 5.76 Å². The topological polar surface area (TPSA) is 66.8 Å². The van der Waals surface area contributed by atoms with E-state index in [0.29, 0.717) is 5.75 Å². The van der Waals surface area contributed by atoms with Crippen molar-refractivity contribution >= 4 is 34.7 Å². The highest BCUT2D eigenvalue weighted by Gasteiger charge is 2.48. The van der Waals surface area contributed by atoms with Crippen molar-refractivity contribution in [3.63, 3.8) is 0 Å². The van der Waals surface area contributed by atoms with Crippen molar-refractivity contribution in [3.05, 3.63) is 100 Å². The molecule has 1 heterocycles. The number of nitrogens with zero attached hydrogens (tertiary/aromatic N) is 1. The highest BCUT2D eigenvalue weighted by Crippen LogP contribution is 2.44. The number of rotatable bonds is 4. The van der Waals surface area contributed by atoms with Gasteiger partial charge in [0, 0.05) is 16.8 Å². The van der Waals surface area contributed by atoms with Gasteiger partial charge in [0.2, 0.25) is 0 Å². The molecule has 1 atom stereocenters. The van der Waals surface area contributed by atoms with Crippen LogP contribution in [-0.2, 0) is 9.59 Å². The van der Waals surface area contributed by atoms with Crippen molar-refractivity contribution in [1.29, 1.82) is 0 Å². The first kappa shape index (κ1) is 21.5. The SMILES string of the molecule is COc1ccc(Cl)c(/C(O)=C2\C(=O)C(=O)N(c3cccc(F)c3)C2c2ccccc2F)c1. The van der Waals surface area contributed by atoms with Crippen LogP contribution in [0.3, 0.4) is 0 Å². The first-order valence-corrected chi connectivity index (χ1v) is 9.86. The lowest BCUT2D eigenvalue weighted by molar-refractivity contribution is -0.132. The number of ketones is 1. The first-order valence-electron chi connectivity index (χ1n) is 9.48. The van der Waals surface area contributed by atoms with E-state index in [2.05, 4.69) is 0 Å². The summed E-state index contributed by atoms with van der Waals surface area (Å²) in [5, 5.41) is 11.2. The summed E-state index contributed by atoms with van der Waals surface area (Å²) in [5.41, 5.74) is -0.350. The smallest absolute Gasteiger partial charge is 0.300 e. The summed E-state index contributed by atoms with van der Waals surface area (Å²) in [7, 11) is 1.41. The average molecular weight is 456 g/mol. The Morgan fingerprint density at radius 2 is 1.78 bits per heavy atom. The molecule has 1 amide bonds. The van der Waals surface area contributed by atoms with Gasteiger partial charge in [-0.15, -0.1) is 0 Å². The molecule has 1 saturated heterocycles. The number of methoxy groups -OCH3 is 1. The second kappa shape index (κ2) is 8.43. The van der Waals surface area contributed by atoms with E-state index < -0.39 is 35.1 Å². The number of ether oxygens (including phenoxy) is 1. The molecule has 5 nitrogen and oxygen atoms in total. The monoisotopic (exact) mass is 455 g/mol. The Bertz CT molecular complexity index is 1270. The Kier molecular flexibility index (Phi) is 5.67. The van der Waals surface area contributed by atoms with Crippen LogP contribution < -0.4 is 9.64 Å². The Labute approximate surface area is 187 Å². The van der Waals surface area contributed by atoms with Crippen molar-refractivity contribution < 1.29 is 28.2 Å². The predicted molar refractivity (Wildman–Crippen MR) is 116 cm³/mol. The summed E-state index contributed by atoms with van der Waals surface area (Å²) in [4.78, 5) is 27.0. The molecule has 3 aromatic carbocycles. The number of halogens is 3. The number of Topliss-reactive ketones (excluding diaryl/α,β-unsaturated/α-hetero) is 1. The molecule has 0 saturated carbocycles. The summed E-state index contributed by atoms with van der Waals surface area (Å²) in [6.07, 6.45) is 0. The van der Waals surface area contributed by atoms with E-state index in [9.17, 15) is 23.5 Å². The summed E-state index contributed by atoms with van der Waals surface area (Å²) in [6.45, 7) is 0. The molecule has 0 aromatic heterocycles. The van der Waals surface area contributed by atoms with Crippen LogP contribution in [0.5, 0.6) is 5.75 Å². The van der Waals surface area contributed by atoms with Gasteiger partial charge in [-0.3, -0.25) is 14.5 Å². The van der Waals surface area contributed by atoms with Gasteiger partial charge in [0.05, 0.1) is 23.7 Å². The standard InChI is InChI=1S/C24H16ClF2NO4/c1-32-15-9-10-18(25)17(12-15)22(29)20-21(16-7-2-3-8-19(16)27)28(24(31)23(20)30)14-6-4-5-13(26)11-14/h2-12,21,29H,1H3/b22-20+. The molecule has 0 spiro atoms. The summed E-state index contributed by atoms with van der Waals surface area (Å²) < 4.78 is 33.9. The number of aliphatic hydroxyl groups is 1. The van der Waals surface area contributed by atoms with E-state index in [1.165, 1.54) is 61.7 Å². The van der Waals surface area contributed by atoms with Gasteiger partial charge in [0.25, 0.3) is 11.7 Å². The van der Waals surface area contributed by atoms with Crippen LogP contribution in [0.15, 0.2) is 72.3 Å². The lowest BCUT2D eigenvalue weighted by atomic mass is 9.94. The van der Waals surface area contributed by atoms with Crippen LogP contribution in [0.2, 0.25) is 5.02 Å². The summed E-state index contributed by atoms with van der Waals surface area (Å²) >= 11 is 6.23. The van der Waals surface area contributed by atoms with Crippen molar-refractivity contribution in [2.75, 3.05) is 12.0 Å². The highest BCUT2D eigenvalue weighted by atomic mass is 35.5. The van der Waals surface area contributed by atoms with Crippen molar-refractivity contribution in [2.24, 2.45) is 0 Å². The molecular weight excluding hydrogens is 440 g/mol. The maximum absolute atomic E-state index is 14.8. The van der Waals surface area contributed by atoms with Crippen molar-refractivity contribution in [1.82, 2.24) is 0 Å². The minimum atomic E-state index is -1.35. The van der Waals surface area contributed by atoms with Crippen LogP contribution in [0, 0.1) is 11.6 Å². The number of hydrogen-bond acceptors (Lipinski definition) is 4. The molecule has 4 rings (SSSR count). The molecule has 0 aliphatic carbocycles. The molecule has 8 heteroatoms. The number of aliphatic hydroxyl groups excluding tert-OH is 1. The Balaban J connectivity index is 2.01. The Morgan fingerprint density at radius 1 is 1.03 bits per heavy atom. The summed E-state index contributed by atoms with van der Waals surface area (Å²) in [6, 6.07) is 13.6. The minimum absolute atomic E-state index is 0.0320. The molecule has 0 bridgehead atoms. The molecular formula is C24H16ClF2NO4. The number of amides is 1. The molecule has 1 aliphatic heterocycles. The molecule has 32 heavy (non-hydrogen) atoms. The number of carbonyl (C=O) groups is 2. The lowest BCUT2D eigenvalue weighted by Crippen LogP contribution is -2.30. The molecule has 1 unspecified atom stereocenters. The van der Waals surface area contributed by atoms with E-state index in [1.807, 2.05) is 0 Å². The molecule has 1 aliphatic rings. The normalized spacial score (nSPS) is 17.6. The maximum atomic E-state index is 14.8. The number of benzene rings is 3. The fourth-order valence-electron chi connectivity index (χ4n) is 3.67. The third-order valence-electron chi connectivity index (χ3n) is 5.16. The predicted octanol–water partition coefficient (Wildman–Crippen LogP) is 5.25. The quantitative estimate of drug-likeness (QED) is 0.331. The average Bonchev–Trinajstić information content (AvgIpc) is 3.04. The maximum Gasteiger partial charge on any atom is 0.300 e. The zero-order valence-corrected chi connectivity index (χ0v) is 17.4.